The quantitative estimate of drug-likeness (QED) is 0.693. The van der Waals surface area contributed by atoms with Gasteiger partial charge in [-0.25, -0.2) is 9.78 Å². The summed E-state index contributed by atoms with van der Waals surface area (Å²) in [6, 6.07) is 13.4. The van der Waals surface area contributed by atoms with Crippen molar-refractivity contribution in [2.24, 2.45) is 0 Å². The number of aromatic nitrogens is 1. The summed E-state index contributed by atoms with van der Waals surface area (Å²) >= 11 is 0. The molecule has 1 aromatic heterocycles. The minimum atomic E-state index is -0.487. The van der Waals surface area contributed by atoms with E-state index in [2.05, 4.69) is 10.3 Å². The SMILES string of the molecule is Cc1c(NC(=O)N2Cc3ccccc3OC(C)(C)C2)cccc1-c1ncco1. The topological polar surface area (TPSA) is 67.6 Å². The molecule has 144 valence electrons. The van der Waals surface area contributed by atoms with E-state index < -0.39 is 5.60 Å². The number of ether oxygens (including phenoxy) is 1. The lowest BCUT2D eigenvalue weighted by Crippen LogP contribution is -2.44. The molecule has 0 bridgehead atoms. The van der Waals surface area contributed by atoms with Crippen molar-refractivity contribution in [3.8, 4) is 17.2 Å². The second kappa shape index (κ2) is 7.03. The van der Waals surface area contributed by atoms with Crippen molar-refractivity contribution in [1.82, 2.24) is 9.88 Å². The molecule has 1 aliphatic rings. The second-order valence-corrected chi connectivity index (χ2v) is 7.57. The lowest BCUT2D eigenvalue weighted by atomic mass is 10.1. The van der Waals surface area contributed by atoms with Gasteiger partial charge in [0.25, 0.3) is 0 Å². The van der Waals surface area contributed by atoms with Crippen molar-refractivity contribution in [3.05, 3.63) is 66.1 Å². The molecule has 4 rings (SSSR count). The van der Waals surface area contributed by atoms with E-state index in [9.17, 15) is 4.79 Å². The van der Waals surface area contributed by atoms with Gasteiger partial charge in [0, 0.05) is 16.8 Å². The Morgan fingerprint density at radius 2 is 2.00 bits per heavy atom. The smallest absolute Gasteiger partial charge is 0.322 e. The Bertz CT molecular complexity index is 996. The third-order valence-corrected chi connectivity index (χ3v) is 4.82. The average Bonchev–Trinajstić information content (AvgIpc) is 3.13. The fourth-order valence-electron chi connectivity index (χ4n) is 3.48. The fourth-order valence-corrected chi connectivity index (χ4v) is 3.48. The van der Waals surface area contributed by atoms with Gasteiger partial charge in [-0.3, -0.25) is 0 Å². The van der Waals surface area contributed by atoms with Gasteiger partial charge < -0.3 is 19.4 Å². The number of para-hydroxylation sites is 1. The number of hydrogen-bond donors (Lipinski definition) is 1. The maximum atomic E-state index is 13.1. The van der Waals surface area contributed by atoms with Crippen LogP contribution in [0.15, 0.2) is 59.3 Å². The molecule has 0 spiro atoms. The first-order chi connectivity index (χ1) is 13.4. The standard InChI is InChI=1S/C22H23N3O3/c1-15-17(20-23-11-12-27-20)8-6-9-18(15)24-21(26)25-13-16-7-4-5-10-19(16)28-22(2,3)14-25/h4-12H,13-14H2,1-3H3,(H,24,26). The Kier molecular flexibility index (Phi) is 4.55. The van der Waals surface area contributed by atoms with E-state index in [1.165, 1.54) is 6.26 Å². The first-order valence-corrected chi connectivity index (χ1v) is 9.25. The van der Waals surface area contributed by atoms with Crippen LogP contribution in [0, 0.1) is 6.92 Å². The molecule has 6 nitrogen and oxygen atoms in total. The zero-order valence-electron chi connectivity index (χ0n) is 16.2. The van der Waals surface area contributed by atoms with E-state index >= 15 is 0 Å². The van der Waals surface area contributed by atoms with E-state index in [1.54, 1.807) is 11.1 Å². The number of amides is 2. The number of fused-ring (bicyclic) bond motifs is 1. The molecule has 0 unspecified atom stereocenters. The van der Waals surface area contributed by atoms with Gasteiger partial charge in [0.05, 0.1) is 19.3 Å². The van der Waals surface area contributed by atoms with Crippen LogP contribution in [0.3, 0.4) is 0 Å². The second-order valence-electron chi connectivity index (χ2n) is 7.57. The zero-order chi connectivity index (χ0) is 19.7. The highest BCUT2D eigenvalue weighted by Gasteiger charge is 2.31. The highest BCUT2D eigenvalue weighted by molar-refractivity contribution is 5.91. The Labute approximate surface area is 164 Å². The summed E-state index contributed by atoms with van der Waals surface area (Å²) in [5.74, 6) is 1.36. The van der Waals surface area contributed by atoms with Crippen molar-refractivity contribution in [3.63, 3.8) is 0 Å². The minimum absolute atomic E-state index is 0.166. The monoisotopic (exact) mass is 377 g/mol. The molecular formula is C22H23N3O3. The van der Waals surface area contributed by atoms with Crippen molar-refractivity contribution >= 4 is 11.7 Å². The number of benzene rings is 2. The predicted octanol–water partition coefficient (Wildman–Crippen LogP) is 4.86. The molecule has 1 aliphatic heterocycles. The molecule has 28 heavy (non-hydrogen) atoms. The van der Waals surface area contributed by atoms with Gasteiger partial charge in [-0.15, -0.1) is 0 Å². The number of oxazole rings is 1. The number of anilines is 1. The van der Waals surface area contributed by atoms with Gasteiger partial charge in [0.1, 0.15) is 17.6 Å². The highest BCUT2D eigenvalue weighted by Crippen LogP contribution is 2.31. The molecule has 0 aliphatic carbocycles. The van der Waals surface area contributed by atoms with E-state index in [1.807, 2.05) is 63.2 Å². The zero-order valence-corrected chi connectivity index (χ0v) is 16.2. The molecule has 0 saturated heterocycles. The summed E-state index contributed by atoms with van der Waals surface area (Å²) in [7, 11) is 0. The first-order valence-electron chi connectivity index (χ1n) is 9.25. The van der Waals surface area contributed by atoms with Crippen molar-refractivity contribution in [2.45, 2.75) is 32.9 Å². The summed E-state index contributed by atoms with van der Waals surface area (Å²) in [5.41, 5.74) is 3.00. The van der Waals surface area contributed by atoms with Gasteiger partial charge in [-0.2, -0.15) is 0 Å². The summed E-state index contributed by atoms with van der Waals surface area (Å²) in [6.45, 7) is 6.89. The Morgan fingerprint density at radius 3 is 2.79 bits per heavy atom. The molecule has 3 aromatic rings. The molecule has 0 atom stereocenters. The Balaban J connectivity index is 1.59. The van der Waals surface area contributed by atoms with Crippen LogP contribution in [0.2, 0.25) is 0 Å². The van der Waals surface area contributed by atoms with Crippen LogP contribution in [-0.2, 0) is 6.54 Å². The van der Waals surface area contributed by atoms with Crippen molar-refractivity contribution in [2.75, 3.05) is 11.9 Å². The lowest BCUT2D eigenvalue weighted by molar-refractivity contribution is 0.0835. The molecule has 6 heteroatoms. The van der Waals surface area contributed by atoms with E-state index in [0.29, 0.717) is 19.0 Å². The van der Waals surface area contributed by atoms with Gasteiger partial charge >= 0.3 is 6.03 Å². The summed E-state index contributed by atoms with van der Waals surface area (Å²) in [5, 5.41) is 3.04. The molecule has 2 aromatic carbocycles. The Morgan fingerprint density at radius 1 is 1.18 bits per heavy atom. The van der Waals surface area contributed by atoms with Gasteiger partial charge in [-0.1, -0.05) is 24.3 Å². The van der Waals surface area contributed by atoms with E-state index in [-0.39, 0.29) is 6.03 Å². The van der Waals surface area contributed by atoms with Crippen molar-refractivity contribution in [1.29, 1.82) is 0 Å². The average molecular weight is 377 g/mol. The van der Waals surface area contributed by atoms with Crippen LogP contribution >= 0.6 is 0 Å². The predicted molar refractivity (Wildman–Crippen MR) is 107 cm³/mol. The number of carbonyl (C=O) groups is 1. The molecule has 0 saturated carbocycles. The van der Waals surface area contributed by atoms with Crippen LogP contribution in [0.5, 0.6) is 5.75 Å². The number of nitrogens with zero attached hydrogens (tertiary/aromatic N) is 2. The number of rotatable bonds is 2. The largest absolute Gasteiger partial charge is 0.486 e. The molecule has 0 fully saturated rings. The Hall–Kier alpha value is -3.28. The third kappa shape index (κ3) is 3.58. The van der Waals surface area contributed by atoms with Gasteiger partial charge in [0.2, 0.25) is 5.89 Å². The number of carbonyl (C=O) groups excluding carboxylic acids is 1. The lowest BCUT2D eigenvalue weighted by Gasteiger charge is -2.29. The highest BCUT2D eigenvalue weighted by atomic mass is 16.5. The van der Waals surface area contributed by atoms with Gasteiger partial charge in [0.15, 0.2) is 0 Å². The maximum Gasteiger partial charge on any atom is 0.322 e. The van der Waals surface area contributed by atoms with Crippen LogP contribution in [-0.4, -0.2) is 28.1 Å². The summed E-state index contributed by atoms with van der Waals surface area (Å²) < 4.78 is 11.5. The minimum Gasteiger partial charge on any atom is -0.486 e. The molecule has 1 N–H and O–H groups in total. The molecule has 2 amide bonds. The van der Waals surface area contributed by atoms with Crippen LogP contribution in [0.25, 0.3) is 11.5 Å². The van der Waals surface area contributed by atoms with Crippen LogP contribution in [0.1, 0.15) is 25.0 Å². The fraction of sp³-hybridized carbons (Fsp3) is 0.273. The van der Waals surface area contributed by atoms with Gasteiger partial charge in [-0.05, 0) is 44.5 Å². The normalized spacial score (nSPS) is 15.3. The maximum absolute atomic E-state index is 13.1. The van der Waals surface area contributed by atoms with Crippen LogP contribution in [0.4, 0.5) is 10.5 Å². The third-order valence-electron chi connectivity index (χ3n) is 4.82. The summed E-state index contributed by atoms with van der Waals surface area (Å²) in [4.78, 5) is 19.1. The van der Waals surface area contributed by atoms with E-state index in [0.717, 1.165) is 28.1 Å². The molecule has 2 heterocycles. The van der Waals surface area contributed by atoms with E-state index in [4.69, 9.17) is 9.15 Å². The van der Waals surface area contributed by atoms with Crippen LogP contribution < -0.4 is 10.1 Å². The summed E-state index contributed by atoms with van der Waals surface area (Å²) in [6.07, 6.45) is 3.15. The first kappa shape index (κ1) is 18.1. The van der Waals surface area contributed by atoms with Crippen molar-refractivity contribution < 1.29 is 13.9 Å². The molecular weight excluding hydrogens is 354 g/mol. The number of hydrogen-bond acceptors (Lipinski definition) is 4. The molecule has 0 radical (unpaired) electrons. The number of urea groups is 1. The number of nitrogens with one attached hydrogen (secondary N) is 1.